The van der Waals surface area contributed by atoms with E-state index in [0.717, 1.165) is 11.3 Å². The molecule has 0 bridgehead atoms. The zero-order valence-electron chi connectivity index (χ0n) is 8.64. The number of rotatable bonds is 2. The first-order chi connectivity index (χ1) is 6.73. The fraction of sp³-hybridized carbons (Fsp3) is 0.375. The number of carbonyl (C=O) groups excluding carboxylic acids is 1. The lowest BCUT2D eigenvalue weighted by molar-refractivity contribution is 0.0832. The average molecular weight is 248 g/mol. The standard InChI is InChI=1S/C8H12N2O3S2/c1-5-7(15(9,12)13)4-6(14-5)8(11)10(2)3/h4H,1-3H3,(H2,9,12,13). The van der Waals surface area contributed by atoms with E-state index in [4.69, 9.17) is 5.14 Å². The van der Waals surface area contributed by atoms with Gasteiger partial charge in [0.15, 0.2) is 0 Å². The topological polar surface area (TPSA) is 80.5 Å². The first-order valence-electron chi connectivity index (χ1n) is 4.08. The second-order valence-electron chi connectivity index (χ2n) is 3.28. The van der Waals surface area contributed by atoms with Gasteiger partial charge in [0.25, 0.3) is 5.91 Å². The zero-order valence-corrected chi connectivity index (χ0v) is 10.3. The second-order valence-corrected chi connectivity index (χ2v) is 6.06. The fourth-order valence-corrected chi connectivity index (χ4v) is 3.24. The number of thiophene rings is 1. The molecule has 0 fully saturated rings. The minimum Gasteiger partial charge on any atom is -0.344 e. The van der Waals surface area contributed by atoms with Crippen LogP contribution >= 0.6 is 11.3 Å². The highest BCUT2D eigenvalue weighted by atomic mass is 32.2. The molecule has 84 valence electrons. The van der Waals surface area contributed by atoms with Crippen LogP contribution in [0.1, 0.15) is 14.5 Å². The first-order valence-corrected chi connectivity index (χ1v) is 6.44. The van der Waals surface area contributed by atoms with Gasteiger partial charge < -0.3 is 4.90 Å². The SMILES string of the molecule is Cc1sc(C(=O)N(C)C)cc1S(N)(=O)=O. The number of primary sulfonamides is 1. The van der Waals surface area contributed by atoms with E-state index in [1.807, 2.05) is 0 Å². The van der Waals surface area contributed by atoms with Gasteiger partial charge in [0.2, 0.25) is 10.0 Å². The number of nitrogens with two attached hydrogens (primary N) is 1. The van der Waals surface area contributed by atoms with Crippen molar-refractivity contribution in [2.45, 2.75) is 11.8 Å². The first kappa shape index (κ1) is 12.2. The molecule has 1 aromatic rings. The molecule has 0 aliphatic heterocycles. The third-order valence-corrected chi connectivity index (χ3v) is 4.00. The maximum absolute atomic E-state index is 11.5. The molecule has 1 rings (SSSR count). The Labute approximate surface area is 92.6 Å². The van der Waals surface area contributed by atoms with Crippen molar-refractivity contribution in [2.75, 3.05) is 14.1 Å². The number of aryl methyl sites for hydroxylation is 1. The van der Waals surface area contributed by atoms with Crippen LogP contribution in [-0.4, -0.2) is 33.3 Å². The quantitative estimate of drug-likeness (QED) is 0.823. The molecule has 7 heteroatoms. The Hall–Kier alpha value is -0.920. The normalized spacial score (nSPS) is 11.5. The summed E-state index contributed by atoms with van der Waals surface area (Å²) in [5, 5.41) is 5.00. The summed E-state index contributed by atoms with van der Waals surface area (Å²) in [4.78, 5) is 13.9. The molecular formula is C8H12N2O3S2. The van der Waals surface area contributed by atoms with Gasteiger partial charge in [0.05, 0.1) is 9.77 Å². The summed E-state index contributed by atoms with van der Waals surface area (Å²) >= 11 is 1.13. The molecule has 5 nitrogen and oxygen atoms in total. The van der Waals surface area contributed by atoms with Crippen molar-refractivity contribution in [3.63, 3.8) is 0 Å². The van der Waals surface area contributed by atoms with Gasteiger partial charge in [-0.05, 0) is 13.0 Å². The number of sulfonamides is 1. The minimum absolute atomic E-state index is 0.0256. The van der Waals surface area contributed by atoms with Gasteiger partial charge in [0, 0.05) is 19.0 Å². The maximum atomic E-state index is 11.5. The Kier molecular flexibility index (Phi) is 3.17. The lowest BCUT2D eigenvalue weighted by Gasteiger charge is -2.06. The van der Waals surface area contributed by atoms with E-state index in [9.17, 15) is 13.2 Å². The highest BCUT2D eigenvalue weighted by Gasteiger charge is 2.19. The Balaban J connectivity index is 3.24. The van der Waals surface area contributed by atoms with Crippen molar-refractivity contribution in [3.05, 3.63) is 15.8 Å². The second kappa shape index (κ2) is 3.92. The molecule has 15 heavy (non-hydrogen) atoms. The molecular weight excluding hydrogens is 236 g/mol. The zero-order chi connectivity index (χ0) is 11.8. The van der Waals surface area contributed by atoms with E-state index in [2.05, 4.69) is 0 Å². The summed E-state index contributed by atoms with van der Waals surface area (Å²) in [7, 11) is -0.522. The number of hydrogen-bond donors (Lipinski definition) is 1. The van der Waals surface area contributed by atoms with Crippen LogP contribution in [0.3, 0.4) is 0 Å². The van der Waals surface area contributed by atoms with Crippen molar-refractivity contribution in [2.24, 2.45) is 5.14 Å². The molecule has 2 N–H and O–H groups in total. The predicted octanol–water partition coefficient (Wildman–Crippen LogP) is 0.406. The van der Waals surface area contributed by atoms with E-state index in [1.54, 1.807) is 21.0 Å². The number of carbonyl (C=O) groups is 1. The van der Waals surface area contributed by atoms with Gasteiger partial charge >= 0.3 is 0 Å². The summed E-state index contributed by atoms with van der Waals surface area (Å²) < 4.78 is 22.2. The molecule has 0 aromatic carbocycles. The van der Waals surface area contributed by atoms with E-state index >= 15 is 0 Å². The smallest absolute Gasteiger partial charge is 0.263 e. The van der Waals surface area contributed by atoms with E-state index in [0.29, 0.717) is 9.75 Å². The highest BCUT2D eigenvalue weighted by molar-refractivity contribution is 7.89. The molecule has 1 heterocycles. The van der Waals surface area contributed by atoms with Gasteiger partial charge in [-0.3, -0.25) is 4.79 Å². The van der Waals surface area contributed by atoms with Crippen LogP contribution < -0.4 is 5.14 Å². The lowest BCUT2D eigenvalue weighted by Crippen LogP contribution is -2.20. The summed E-state index contributed by atoms with van der Waals surface area (Å²) in [5.74, 6) is -0.224. The van der Waals surface area contributed by atoms with Crippen LogP contribution in [0.4, 0.5) is 0 Å². The fourth-order valence-electron chi connectivity index (χ4n) is 1.07. The van der Waals surface area contributed by atoms with Gasteiger partial charge in [-0.1, -0.05) is 0 Å². The maximum Gasteiger partial charge on any atom is 0.263 e. The lowest BCUT2D eigenvalue weighted by atomic mass is 10.4. The van der Waals surface area contributed by atoms with E-state index in [1.165, 1.54) is 11.0 Å². The minimum atomic E-state index is -3.73. The summed E-state index contributed by atoms with van der Waals surface area (Å²) in [6.45, 7) is 1.62. The van der Waals surface area contributed by atoms with E-state index in [-0.39, 0.29) is 10.8 Å². The van der Waals surface area contributed by atoms with Gasteiger partial charge in [-0.2, -0.15) is 0 Å². The molecule has 0 spiro atoms. The summed E-state index contributed by atoms with van der Waals surface area (Å²) in [6, 6.07) is 1.32. The molecule has 1 aromatic heterocycles. The van der Waals surface area contributed by atoms with Crippen molar-refractivity contribution in [1.29, 1.82) is 0 Å². The molecule has 0 radical (unpaired) electrons. The molecule has 0 unspecified atom stereocenters. The molecule has 0 atom stereocenters. The van der Waals surface area contributed by atoms with Crippen LogP contribution in [0.2, 0.25) is 0 Å². The van der Waals surface area contributed by atoms with Crippen LogP contribution in [0, 0.1) is 6.92 Å². The summed E-state index contributed by atoms with van der Waals surface area (Å²) in [5.41, 5.74) is 0. The monoisotopic (exact) mass is 248 g/mol. The van der Waals surface area contributed by atoms with Gasteiger partial charge in [0.1, 0.15) is 0 Å². The molecule has 0 saturated carbocycles. The average Bonchev–Trinajstić information content (AvgIpc) is 2.44. The number of amides is 1. The molecule has 0 aliphatic carbocycles. The molecule has 0 aliphatic rings. The van der Waals surface area contributed by atoms with Crippen LogP contribution in [0.25, 0.3) is 0 Å². The van der Waals surface area contributed by atoms with E-state index < -0.39 is 10.0 Å². The van der Waals surface area contributed by atoms with Crippen LogP contribution in [0.5, 0.6) is 0 Å². The molecule has 0 saturated heterocycles. The van der Waals surface area contributed by atoms with Crippen molar-refractivity contribution < 1.29 is 13.2 Å². The van der Waals surface area contributed by atoms with Crippen molar-refractivity contribution in [1.82, 2.24) is 4.90 Å². The molecule has 1 amide bonds. The van der Waals surface area contributed by atoms with Crippen LogP contribution in [0.15, 0.2) is 11.0 Å². The largest absolute Gasteiger partial charge is 0.344 e. The van der Waals surface area contributed by atoms with Crippen LogP contribution in [-0.2, 0) is 10.0 Å². The van der Waals surface area contributed by atoms with Gasteiger partial charge in [-0.15, -0.1) is 11.3 Å². The van der Waals surface area contributed by atoms with Crippen molar-refractivity contribution in [3.8, 4) is 0 Å². The summed E-state index contributed by atoms with van der Waals surface area (Å²) in [6.07, 6.45) is 0. The van der Waals surface area contributed by atoms with Crippen molar-refractivity contribution >= 4 is 27.3 Å². The van der Waals surface area contributed by atoms with Gasteiger partial charge in [-0.25, -0.2) is 13.6 Å². The Bertz CT molecular complexity index is 488. The number of nitrogens with zero attached hydrogens (tertiary/aromatic N) is 1. The Morgan fingerprint density at radius 1 is 1.47 bits per heavy atom. The Morgan fingerprint density at radius 3 is 2.33 bits per heavy atom. The highest BCUT2D eigenvalue weighted by Crippen LogP contribution is 2.25. The number of hydrogen-bond acceptors (Lipinski definition) is 4. The third-order valence-electron chi connectivity index (χ3n) is 1.80. The third kappa shape index (κ3) is 2.55. The predicted molar refractivity (Wildman–Crippen MR) is 58.4 cm³/mol. The Morgan fingerprint density at radius 2 is 2.00 bits per heavy atom.